The smallest absolute Gasteiger partial charge is 0.261 e. The van der Waals surface area contributed by atoms with Crippen molar-refractivity contribution in [1.82, 2.24) is 15.1 Å². The van der Waals surface area contributed by atoms with Crippen LogP contribution in [0.15, 0.2) is 48.5 Å². The molecule has 0 saturated heterocycles. The molecule has 4 amide bonds. The minimum atomic E-state index is -0.621. The number of likely N-dealkylation sites (N-methyl/N-ethyl adjacent to an activating group) is 1. The summed E-state index contributed by atoms with van der Waals surface area (Å²) in [6.07, 6.45) is 0.880. The number of carbonyl (C=O) groups excluding carboxylic acids is 4. The molecule has 0 aliphatic carbocycles. The Labute approximate surface area is 193 Å². The van der Waals surface area contributed by atoms with Crippen molar-refractivity contribution in [3.05, 3.63) is 65.2 Å². The Morgan fingerprint density at radius 1 is 1.03 bits per heavy atom. The van der Waals surface area contributed by atoms with Crippen LogP contribution in [0.1, 0.15) is 52.5 Å². The van der Waals surface area contributed by atoms with Gasteiger partial charge in [0.2, 0.25) is 11.8 Å². The average molecular weight is 452 g/mol. The van der Waals surface area contributed by atoms with Crippen LogP contribution in [0.25, 0.3) is 0 Å². The molecule has 0 aromatic heterocycles. The number of rotatable bonds is 10. The molecule has 0 fully saturated rings. The summed E-state index contributed by atoms with van der Waals surface area (Å²) in [6, 6.07) is 13.4. The predicted molar refractivity (Wildman–Crippen MR) is 123 cm³/mol. The van der Waals surface area contributed by atoms with Gasteiger partial charge in [-0.25, -0.2) is 0 Å². The van der Waals surface area contributed by atoms with Gasteiger partial charge in [-0.05, 0) is 42.7 Å². The molecule has 8 heteroatoms. The number of hydrogen-bond acceptors (Lipinski definition) is 5. The first kappa shape index (κ1) is 24.0. The predicted octanol–water partition coefficient (Wildman–Crippen LogP) is 2.62. The highest BCUT2D eigenvalue weighted by Crippen LogP contribution is 2.23. The molecule has 0 spiro atoms. The molecule has 2 aromatic carbocycles. The zero-order chi connectivity index (χ0) is 24.0. The van der Waals surface area contributed by atoms with E-state index in [0.717, 1.165) is 5.56 Å². The average Bonchev–Trinajstić information content (AvgIpc) is 3.09. The van der Waals surface area contributed by atoms with E-state index in [1.54, 1.807) is 55.5 Å². The third-order valence-corrected chi connectivity index (χ3v) is 5.79. The molecule has 33 heavy (non-hydrogen) atoms. The van der Waals surface area contributed by atoms with Crippen LogP contribution in [0.5, 0.6) is 5.75 Å². The summed E-state index contributed by atoms with van der Waals surface area (Å²) in [5.74, 6) is -0.418. The van der Waals surface area contributed by atoms with E-state index in [0.29, 0.717) is 29.7 Å². The second-order valence-corrected chi connectivity index (χ2v) is 7.82. The number of benzene rings is 2. The normalized spacial score (nSPS) is 13.5. The molecule has 1 heterocycles. The van der Waals surface area contributed by atoms with E-state index in [1.807, 2.05) is 19.1 Å². The zero-order valence-electron chi connectivity index (χ0n) is 19.2. The number of nitrogens with one attached hydrogen (secondary N) is 1. The topological polar surface area (TPSA) is 96.0 Å². The highest BCUT2D eigenvalue weighted by Gasteiger charge is 2.35. The molecule has 174 valence electrons. The second-order valence-electron chi connectivity index (χ2n) is 7.82. The van der Waals surface area contributed by atoms with Gasteiger partial charge < -0.3 is 15.0 Å². The number of imide groups is 1. The van der Waals surface area contributed by atoms with Crippen LogP contribution in [0, 0.1) is 0 Å². The molecule has 1 aliphatic rings. The van der Waals surface area contributed by atoms with E-state index >= 15 is 0 Å². The SMILES string of the molecule is CCC(C(=O)NC)N(Cc1ccc(OC)cc1)C(=O)CCCN1C(=O)c2ccccc2C1=O. The number of ether oxygens (including phenoxy) is 1. The third-order valence-electron chi connectivity index (χ3n) is 5.79. The van der Waals surface area contributed by atoms with Crippen LogP contribution >= 0.6 is 0 Å². The maximum absolute atomic E-state index is 13.2. The van der Waals surface area contributed by atoms with Crippen molar-refractivity contribution in [3.8, 4) is 5.75 Å². The number of nitrogens with zero attached hydrogens (tertiary/aromatic N) is 2. The summed E-state index contributed by atoms with van der Waals surface area (Å²) in [4.78, 5) is 53.5. The summed E-state index contributed by atoms with van der Waals surface area (Å²) in [6.45, 7) is 2.26. The lowest BCUT2D eigenvalue weighted by molar-refractivity contribution is -0.141. The third kappa shape index (κ3) is 5.22. The summed E-state index contributed by atoms with van der Waals surface area (Å²) in [5.41, 5.74) is 1.65. The largest absolute Gasteiger partial charge is 0.497 e. The Kier molecular flexibility index (Phi) is 7.82. The summed E-state index contributed by atoms with van der Waals surface area (Å²) >= 11 is 0. The Hall–Kier alpha value is -3.68. The van der Waals surface area contributed by atoms with Crippen LogP contribution in [0.4, 0.5) is 0 Å². The van der Waals surface area contributed by atoms with Crippen LogP contribution in [0.3, 0.4) is 0 Å². The van der Waals surface area contributed by atoms with Crippen molar-refractivity contribution < 1.29 is 23.9 Å². The summed E-state index contributed by atoms with van der Waals surface area (Å²) in [7, 11) is 3.13. The van der Waals surface area contributed by atoms with Crippen molar-refractivity contribution in [2.45, 2.75) is 38.8 Å². The van der Waals surface area contributed by atoms with Gasteiger partial charge in [-0.2, -0.15) is 0 Å². The Balaban J connectivity index is 1.68. The standard InChI is InChI=1S/C25H29N3O5/c1-4-21(23(30)26-2)28(16-17-11-13-18(33-3)14-12-17)22(29)10-7-15-27-24(31)19-8-5-6-9-20(19)25(27)32/h5-6,8-9,11-14,21H,4,7,10,15-16H2,1-3H3,(H,26,30). The second kappa shape index (κ2) is 10.8. The molecule has 1 aliphatic heterocycles. The van der Waals surface area contributed by atoms with E-state index in [9.17, 15) is 19.2 Å². The molecule has 3 rings (SSSR count). The first-order valence-electron chi connectivity index (χ1n) is 11.0. The van der Waals surface area contributed by atoms with Crippen molar-refractivity contribution in [2.24, 2.45) is 0 Å². The van der Waals surface area contributed by atoms with Gasteiger partial charge >= 0.3 is 0 Å². The van der Waals surface area contributed by atoms with Gasteiger partial charge in [0.15, 0.2) is 0 Å². The molecule has 1 unspecified atom stereocenters. The highest BCUT2D eigenvalue weighted by molar-refractivity contribution is 6.21. The molecule has 0 bridgehead atoms. The van der Waals surface area contributed by atoms with Gasteiger partial charge in [-0.1, -0.05) is 31.2 Å². The lowest BCUT2D eigenvalue weighted by Gasteiger charge is -2.30. The van der Waals surface area contributed by atoms with Gasteiger partial charge in [-0.3, -0.25) is 24.1 Å². The Bertz CT molecular complexity index is 1000. The van der Waals surface area contributed by atoms with Crippen molar-refractivity contribution in [2.75, 3.05) is 20.7 Å². The van der Waals surface area contributed by atoms with Gasteiger partial charge in [0.05, 0.1) is 18.2 Å². The maximum atomic E-state index is 13.2. The van der Waals surface area contributed by atoms with Gasteiger partial charge in [0.25, 0.3) is 11.8 Å². The molecule has 8 nitrogen and oxygen atoms in total. The zero-order valence-corrected chi connectivity index (χ0v) is 19.2. The van der Waals surface area contributed by atoms with Crippen LogP contribution in [-0.4, -0.2) is 60.2 Å². The molecular weight excluding hydrogens is 422 g/mol. The summed E-state index contributed by atoms with van der Waals surface area (Å²) in [5, 5.41) is 2.63. The van der Waals surface area contributed by atoms with Gasteiger partial charge in [0.1, 0.15) is 11.8 Å². The first-order valence-corrected chi connectivity index (χ1v) is 11.0. The van der Waals surface area contributed by atoms with E-state index in [4.69, 9.17) is 4.74 Å². The Morgan fingerprint density at radius 2 is 1.64 bits per heavy atom. The number of fused-ring (bicyclic) bond motifs is 1. The lowest BCUT2D eigenvalue weighted by atomic mass is 10.1. The van der Waals surface area contributed by atoms with Gasteiger partial charge in [0, 0.05) is 26.6 Å². The number of methoxy groups -OCH3 is 1. The van der Waals surface area contributed by atoms with Crippen LogP contribution in [-0.2, 0) is 16.1 Å². The minimum absolute atomic E-state index is 0.108. The van der Waals surface area contributed by atoms with E-state index in [2.05, 4.69) is 5.32 Å². The summed E-state index contributed by atoms with van der Waals surface area (Å²) < 4.78 is 5.18. The van der Waals surface area contributed by atoms with E-state index in [1.165, 1.54) is 4.90 Å². The quantitative estimate of drug-likeness (QED) is 0.560. The molecule has 1 N–H and O–H groups in total. The van der Waals surface area contributed by atoms with Crippen molar-refractivity contribution in [1.29, 1.82) is 0 Å². The van der Waals surface area contributed by atoms with Crippen LogP contribution in [0.2, 0.25) is 0 Å². The monoisotopic (exact) mass is 451 g/mol. The van der Waals surface area contributed by atoms with E-state index in [-0.39, 0.29) is 43.1 Å². The minimum Gasteiger partial charge on any atom is -0.497 e. The molecule has 0 saturated carbocycles. The fourth-order valence-electron chi connectivity index (χ4n) is 3.99. The van der Waals surface area contributed by atoms with E-state index < -0.39 is 6.04 Å². The highest BCUT2D eigenvalue weighted by atomic mass is 16.5. The lowest BCUT2D eigenvalue weighted by Crippen LogP contribution is -2.48. The molecule has 2 aromatic rings. The molecule has 1 atom stereocenters. The molecular formula is C25H29N3O5. The van der Waals surface area contributed by atoms with Gasteiger partial charge in [-0.15, -0.1) is 0 Å². The number of amides is 4. The first-order chi connectivity index (χ1) is 15.9. The van der Waals surface area contributed by atoms with Crippen LogP contribution < -0.4 is 10.1 Å². The number of carbonyl (C=O) groups is 4. The van der Waals surface area contributed by atoms with Crippen molar-refractivity contribution in [3.63, 3.8) is 0 Å². The molecule has 0 radical (unpaired) electrons. The van der Waals surface area contributed by atoms with Crippen molar-refractivity contribution >= 4 is 23.6 Å². The Morgan fingerprint density at radius 3 is 2.15 bits per heavy atom. The fourth-order valence-corrected chi connectivity index (χ4v) is 3.99. The fraction of sp³-hybridized carbons (Fsp3) is 0.360. The number of hydrogen-bond donors (Lipinski definition) is 1. The maximum Gasteiger partial charge on any atom is 0.261 e.